The average molecular weight is 274 g/mol. The smallest absolute Gasteiger partial charge is 0.309 e. The van der Waals surface area contributed by atoms with Crippen LogP contribution in [0.4, 0.5) is 4.39 Å². The minimum atomic E-state index is -3.76. The highest BCUT2D eigenvalue weighted by Crippen LogP contribution is 2.22. The fourth-order valence-corrected chi connectivity index (χ4v) is 3.13. The van der Waals surface area contributed by atoms with E-state index in [0.29, 0.717) is 0 Å². The van der Waals surface area contributed by atoms with Crippen LogP contribution < -0.4 is 0 Å². The Morgan fingerprint density at radius 3 is 2.44 bits per heavy atom. The quantitative estimate of drug-likeness (QED) is 0.785. The molecule has 0 saturated heterocycles. The molecule has 1 aromatic rings. The van der Waals surface area contributed by atoms with Crippen molar-refractivity contribution in [1.29, 1.82) is 0 Å². The molecule has 1 rings (SSSR count). The Labute approximate surface area is 106 Å². The van der Waals surface area contributed by atoms with Crippen molar-refractivity contribution in [3.63, 3.8) is 0 Å². The fraction of sp³-hybridized carbons (Fsp3) is 0.417. The van der Waals surface area contributed by atoms with E-state index >= 15 is 0 Å². The first-order chi connectivity index (χ1) is 8.30. The van der Waals surface area contributed by atoms with Crippen molar-refractivity contribution in [2.75, 3.05) is 7.11 Å². The van der Waals surface area contributed by atoms with Crippen molar-refractivity contribution < 1.29 is 22.3 Å². The van der Waals surface area contributed by atoms with Gasteiger partial charge in [0.1, 0.15) is 5.82 Å². The molecule has 1 aromatic carbocycles. The lowest BCUT2D eigenvalue weighted by molar-refractivity contribution is -0.144. The van der Waals surface area contributed by atoms with E-state index in [1.807, 2.05) is 0 Å². The molecule has 0 aliphatic rings. The van der Waals surface area contributed by atoms with E-state index in [0.717, 1.165) is 12.1 Å². The Morgan fingerprint density at radius 1 is 1.33 bits per heavy atom. The van der Waals surface area contributed by atoms with Gasteiger partial charge in [-0.3, -0.25) is 4.79 Å². The van der Waals surface area contributed by atoms with Crippen LogP contribution in [0.25, 0.3) is 0 Å². The number of ether oxygens (including phenoxy) is 1. The van der Waals surface area contributed by atoms with Gasteiger partial charge in [-0.2, -0.15) is 0 Å². The number of hydrogen-bond acceptors (Lipinski definition) is 4. The number of sulfone groups is 1. The Balaban J connectivity index is 3.11. The lowest BCUT2D eigenvalue weighted by Crippen LogP contribution is -2.31. The Kier molecular flexibility index (Phi) is 4.45. The lowest BCUT2D eigenvalue weighted by atomic mass is 10.1. The summed E-state index contributed by atoms with van der Waals surface area (Å²) in [6.45, 7) is 2.87. The van der Waals surface area contributed by atoms with Crippen LogP contribution in [0.15, 0.2) is 29.2 Å². The maximum atomic E-state index is 13.0. The summed E-state index contributed by atoms with van der Waals surface area (Å²) < 4.78 is 41.9. The van der Waals surface area contributed by atoms with Crippen molar-refractivity contribution in [2.24, 2.45) is 5.92 Å². The van der Waals surface area contributed by atoms with Gasteiger partial charge >= 0.3 is 5.97 Å². The molecular weight excluding hydrogens is 259 g/mol. The van der Waals surface area contributed by atoms with Crippen molar-refractivity contribution in [1.82, 2.24) is 0 Å². The van der Waals surface area contributed by atoms with Gasteiger partial charge in [0, 0.05) is 0 Å². The molecule has 0 spiro atoms. The zero-order valence-corrected chi connectivity index (χ0v) is 11.2. The van der Waals surface area contributed by atoms with Gasteiger partial charge in [0.05, 0.1) is 23.2 Å². The molecule has 18 heavy (non-hydrogen) atoms. The van der Waals surface area contributed by atoms with E-state index in [9.17, 15) is 17.6 Å². The van der Waals surface area contributed by atoms with Crippen LogP contribution in [0.1, 0.15) is 13.8 Å². The molecule has 0 N–H and O–H groups in total. The zero-order valence-electron chi connectivity index (χ0n) is 10.4. The highest BCUT2D eigenvalue weighted by Gasteiger charge is 2.33. The molecule has 0 aliphatic carbocycles. The summed E-state index contributed by atoms with van der Waals surface area (Å²) in [6.07, 6.45) is 0. The summed E-state index contributed by atoms with van der Waals surface area (Å²) in [5, 5.41) is -0.980. The summed E-state index contributed by atoms with van der Waals surface area (Å²) >= 11 is 0. The first-order valence-corrected chi connectivity index (χ1v) is 6.92. The molecule has 100 valence electrons. The summed E-state index contributed by atoms with van der Waals surface area (Å²) in [6, 6.07) is 4.72. The van der Waals surface area contributed by atoms with Gasteiger partial charge in [0.15, 0.2) is 9.84 Å². The minimum absolute atomic E-state index is 0.134. The lowest BCUT2D eigenvalue weighted by Gasteiger charge is -2.18. The molecule has 0 heterocycles. The van der Waals surface area contributed by atoms with Crippen molar-refractivity contribution in [3.05, 3.63) is 30.1 Å². The molecule has 2 unspecified atom stereocenters. The van der Waals surface area contributed by atoms with Gasteiger partial charge in [-0.1, -0.05) is 13.0 Å². The van der Waals surface area contributed by atoms with Crippen LogP contribution in [0.5, 0.6) is 0 Å². The standard InChI is InChI=1S/C12H15FO4S/c1-8(12(14)17-3)9(2)18(15,16)11-6-4-5-10(13)7-11/h4-9H,1-3H3. The summed E-state index contributed by atoms with van der Waals surface area (Å²) in [7, 11) is -2.56. The number of benzene rings is 1. The molecule has 0 aliphatic heterocycles. The molecule has 6 heteroatoms. The third-order valence-electron chi connectivity index (χ3n) is 2.89. The van der Waals surface area contributed by atoms with Crippen molar-refractivity contribution in [2.45, 2.75) is 24.0 Å². The zero-order chi connectivity index (χ0) is 13.9. The molecule has 0 bridgehead atoms. The Hall–Kier alpha value is -1.43. The second kappa shape index (κ2) is 5.48. The maximum Gasteiger partial charge on any atom is 0.309 e. The van der Waals surface area contributed by atoms with E-state index in [-0.39, 0.29) is 4.90 Å². The number of carbonyl (C=O) groups excluding carboxylic acids is 1. The first kappa shape index (κ1) is 14.6. The maximum absolute atomic E-state index is 13.0. The molecular formula is C12H15FO4S. The van der Waals surface area contributed by atoms with Crippen LogP contribution in [0.3, 0.4) is 0 Å². The van der Waals surface area contributed by atoms with Crippen LogP contribution in [-0.2, 0) is 19.4 Å². The highest BCUT2D eigenvalue weighted by molar-refractivity contribution is 7.92. The van der Waals surface area contributed by atoms with Gasteiger partial charge in [0.2, 0.25) is 0 Å². The van der Waals surface area contributed by atoms with Crippen LogP contribution in [-0.4, -0.2) is 26.7 Å². The Morgan fingerprint density at radius 2 is 1.94 bits per heavy atom. The van der Waals surface area contributed by atoms with Gasteiger partial charge in [-0.15, -0.1) is 0 Å². The predicted molar refractivity (Wildman–Crippen MR) is 64.2 cm³/mol. The monoisotopic (exact) mass is 274 g/mol. The molecule has 4 nitrogen and oxygen atoms in total. The number of halogens is 1. The first-order valence-electron chi connectivity index (χ1n) is 5.38. The number of esters is 1. The molecule has 0 radical (unpaired) electrons. The van der Waals surface area contributed by atoms with Gasteiger partial charge < -0.3 is 4.74 Å². The normalized spacial score (nSPS) is 14.9. The number of hydrogen-bond donors (Lipinski definition) is 0. The Bertz CT molecular complexity index is 539. The fourth-order valence-electron chi connectivity index (χ4n) is 1.50. The molecule has 0 aromatic heterocycles. The molecule has 0 fully saturated rings. The van der Waals surface area contributed by atoms with Gasteiger partial charge in [-0.05, 0) is 25.1 Å². The van der Waals surface area contributed by atoms with E-state index in [1.165, 1.54) is 33.1 Å². The molecule has 0 amide bonds. The second-order valence-electron chi connectivity index (χ2n) is 4.02. The van der Waals surface area contributed by atoms with E-state index in [1.54, 1.807) is 0 Å². The van der Waals surface area contributed by atoms with Crippen LogP contribution in [0, 0.1) is 11.7 Å². The van der Waals surface area contributed by atoms with E-state index in [2.05, 4.69) is 4.74 Å². The summed E-state index contributed by atoms with van der Waals surface area (Å²) in [4.78, 5) is 11.2. The van der Waals surface area contributed by atoms with Gasteiger partial charge in [0.25, 0.3) is 0 Å². The topological polar surface area (TPSA) is 60.4 Å². The number of carbonyl (C=O) groups is 1. The average Bonchev–Trinajstić information content (AvgIpc) is 2.35. The largest absolute Gasteiger partial charge is 0.469 e. The molecule has 2 atom stereocenters. The third kappa shape index (κ3) is 2.87. The number of methoxy groups -OCH3 is 1. The summed E-state index contributed by atoms with van der Waals surface area (Å²) in [5.41, 5.74) is 0. The summed E-state index contributed by atoms with van der Waals surface area (Å²) in [5.74, 6) is -2.06. The van der Waals surface area contributed by atoms with E-state index < -0.39 is 32.8 Å². The van der Waals surface area contributed by atoms with Crippen LogP contribution >= 0.6 is 0 Å². The number of rotatable bonds is 4. The van der Waals surface area contributed by atoms with Crippen LogP contribution in [0.2, 0.25) is 0 Å². The van der Waals surface area contributed by atoms with Crippen molar-refractivity contribution in [3.8, 4) is 0 Å². The minimum Gasteiger partial charge on any atom is -0.469 e. The molecule has 0 saturated carbocycles. The van der Waals surface area contributed by atoms with Crippen molar-refractivity contribution >= 4 is 15.8 Å². The van der Waals surface area contributed by atoms with Gasteiger partial charge in [-0.25, -0.2) is 12.8 Å². The predicted octanol–water partition coefficient (Wildman–Crippen LogP) is 1.80. The van der Waals surface area contributed by atoms with E-state index in [4.69, 9.17) is 0 Å². The second-order valence-corrected chi connectivity index (χ2v) is 6.32. The highest BCUT2D eigenvalue weighted by atomic mass is 32.2. The third-order valence-corrected chi connectivity index (χ3v) is 5.19. The SMILES string of the molecule is COC(=O)C(C)C(C)S(=O)(=O)c1cccc(F)c1.